The summed E-state index contributed by atoms with van der Waals surface area (Å²) in [6, 6.07) is 4.57. The lowest BCUT2D eigenvalue weighted by Gasteiger charge is -2.17. The predicted octanol–water partition coefficient (Wildman–Crippen LogP) is 4.48. The number of aromatic amines is 1. The molecule has 0 aliphatic heterocycles. The molecule has 0 spiro atoms. The minimum Gasteiger partial charge on any atom is -0.331 e. The number of nitrogens with one attached hydrogen (secondary N) is 3. The number of urea groups is 1. The molecule has 27 heavy (non-hydrogen) atoms. The number of amides is 2. The summed E-state index contributed by atoms with van der Waals surface area (Å²) in [6.07, 6.45) is 1.32. The zero-order chi connectivity index (χ0) is 19.7. The molecule has 2 amide bonds. The van der Waals surface area contributed by atoms with Crippen LogP contribution in [-0.2, 0) is 0 Å². The Kier molecular flexibility index (Phi) is 5.09. The molecule has 0 saturated carbocycles. The van der Waals surface area contributed by atoms with Gasteiger partial charge < -0.3 is 15.6 Å². The Hall–Kier alpha value is -3.00. The van der Waals surface area contributed by atoms with Gasteiger partial charge in [0.15, 0.2) is 11.6 Å². The molecule has 0 aliphatic rings. The van der Waals surface area contributed by atoms with Gasteiger partial charge in [-0.1, -0.05) is 17.7 Å². The van der Waals surface area contributed by atoms with E-state index < -0.39 is 40.5 Å². The van der Waals surface area contributed by atoms with Crippen LogP contribution in [0.1, 0.15) is 18.5 Å². The number of rotatable bonds is 3. The minimum atomic E-state index is -1.26. The fraction of sp³-hybridized carbons (Fsp3) is 0.111. The van der Waals surface area contributed by atoms with Crippen molar-refractivity contribution in [3.8, 4) is 0 Å². The highest BCUT2D eigenvalue weighted by Gasteiger charge is 2.18. The van der Waals surface area contributed by atoms with E-state index in [2.05, 4.69) is 15.6 Å². The van der Waals surface area contributed by atoms with Crippen LogP contribution in [0.25, 0.3) is 10.8 Å². The van der Waals surface area contributed by atoms with Crippen LogP contribution < -0.4 is 16.2 Å². The quantitative estimate of drug-likeness (QED) is 0.611. The average molecular weight is 396 g/mol. The lowest BCUT2D eigenvalue weighted by molar-refractivity contribution is 0.249. The summed E-state index contributed by atoms with van der Waals surface area (Å²) in [6.45, 7) is 1.60. The number of fused-ring (bicyclic) bond motifs is 1. The van der Waals surface area contributed by atoms with E-state index >= 15 is 0 Å². The largest absolute Gasteiger partial charge is 0.331 e. The summed E-state index contributed by atoms with van der Waals surface area (Å²) < 4.78 is 40.6. The van der Waals surface area contributed by atoms with Gasteiger partial charge in [0.1, 0.15) is 5.82 Å². The average Bonchev–Trinajstić information content (AvgIpc) is 2.61. The van der Waals surface area contributed by atoms with E-state index in [1.807, 2.05) is 0 Å². The fourth-order valence-electron chi connectivity index (χ4n) is 2.68. The van der Waals surface area contributed by atoms with Gasteiger partial charge in [0.2, 0.25) is 0 Å². The van der Waals surface area contributed by atoms with Crippen molar-refractivity contribution < 1.29 is 18.0 Å². The van der Waals surface area contributed by atoms with Gasteiger partial charge in [0.25, 0.3) is 5.56 Å². The lowest BCUT2D eigenvalue weighted by atomic mass is 10.0. The summed E-state index contributed by atoms with van der Waals surface area (Å²) in [5.41, 5.74) is -0.121. The zero-order valence-electron chi connectivity index (χ0n) is 13.9. The topological polar surface area (TPSA) is 74.0 Å². The molecular weight excluding hydrogens is 383 g/mol. The normalized spacial score (nSPS) is 12.0. The number of anilines is 1. The third-order valence-electron chi connectivity index (χ3n) is 3.98. The Morgan fingerprint density at radius 2 is 1.85 bits per heavy atom. The minimum absolute atomic E-state index is 0.148. The van der Waals surface area contributed by atoms with Gasteiger partial charge in [-0.25, -0.2) is 18.0 Å². The molecule has 1 atom stereocenters. The maximum absolute atomic E-state index is 14.0. The second-order valence-corrected chi connectivity index (χ2v) is 6.21. The number of H-pyrrole nitrogens is 1. The Labute approximate surface area is 156 Å². The molecule has 3 N–H and O–H groups in total. The molecule has 5 nitrogen and oxygen atoms in total. The van der Waals surface area contributed by atoms with E-state index in [0.29, 0.717) is 5.56 Å². The van der Waals surface area contributed by atoms with Crippen molar-refractivity contribution in [2.75, 3.05) is 5.32 Å². The van der Waals surface area contributed by atoms with Crippen LogP contribution in [0.15, 0.2) is 41.3 Å². The van der Waals surface area contributed by atoms with E-state index in [1.54, 1.807) is 6.92 Å². The van der Waals surface area contributed by atoms with Crippen LogP contribution in [-0.4, -0.2) is 11.0 Å². The summed E-state index contributed by atoms with van der Waals surface area (Å²) in [5.74, 6) is -3.02. The molecule has 9 heteroatoms. The first-order valence-electron chi connectivity index (χ1n) is 7.79. The molecule has 0 unspecified atom stereocenters. The first-order chi connectivity index (χ1) is 12.8. The van der Waals surface area contributed by atoms with Gasteiger partial charge in [-0.15, -0.1) is 0 Å². The standard InChI is InChI=1S/C18H13ClF3N3O2/c1-8(24-18(27)25-9-2-4-13(20)12(19)6-9)11-7-23-17(26)15-10(11)3-5-14(21)16(15)22/h2-8H,1H3,(H,23,26)(H2,24,25,27)/t8-/m1/s1. The van der Waals surface area contributed by atoms with E-state index in [4.69, 9.17) is 11.6 Å². The van der Waals surface area contributed by atoms with Crippen molar-refractivity contribution >= 4 is 34.1 Å². The third kappa shape index (κ3) is 3.75. The molecule has 2 aromatic carbocycles. The molecule has 0 radical (unpaired) electrons. The molecule has 0 aliphatic carbocycles. The van der Waals surface area contributed by atoms with E-state index in [1.165, 1.54) is 24.4 Å². The van der Waals surface area contributed by atoms with Crippen molar-refractivity contribution in [3.63, 3.8) is 0 Å². The molecule has 3 rings (SSSR count). The van der Waals surface area contributed by atoms with Crippen LogP contribution in [0, 0.1) is 17.5 Å². The van der Waals surface area contributed by atoms with Crippen LogP contribution in [0.5, 0.6) is 0 Å². The van der Waals surface area contributed by atoms with Crippen molar-refractivity contribution in [2.24, 2.45) is 0 Å². The first kappa shape index (κ1) is 18.8. The van der Waals surface area contributed by atoms with Crippen LogP contribution >= 0.6 is 11.6 Å². The highest BCUT2D eigenvalue weighted by molar-refractivity contribution is 6.31. The van der Waals surface area contributed by atoms with Gasteiger partial charge in [-0.3, -0.25) is 4.79 Å². The second-order valence-electron chi connectivity index (χ2n) is 5.81. The molecular formula is C18H13ClF3N3O2. The number of hydrogen-bond donors (Lipinski definition) is 3. The predicted molar refractivity (Wildman–Crippen MR) is 96.5 cm³/mol. The smallest absolute Gasteiger partial charge is 0.319 e. The molecule has 0 fully saturated rings. The molecule has 140 valence electrons. The molecule has 3 aromatic rings. The number of carbonyl (C=O) groups excluding carboxylic acids is 1. The number of pyridine rings is 1. The summed E-state index contributed by atoms with van der Waals surface area (Å²) >= 11 is 5.66. The molecule has 0 bridgehead atoms. The lowest BCUT2D eigenvalue weighted by Crippen LogP contribution is -2.31. The monoisotopic (exact) mass is 395 g/mol. The number of hydrogen-bond acceptors (Lipinski definition) is 2. The Bertz CT molecular complexity index is 1100. The van der Waals surface area contributed by atoms with Gasteiger partial charge in [0, 0.05) is 11.9 Å². The van der Waals surface area contributed by atoms with Crippen LogP contribution in [0.2, 0.25) is 5.02 Å². The van der Waals surface area contributed by atoms with E-state index in [-0.39, 0.29) is 16.1 Å². The molecule has 0 saturated heterocycles. The maximum atomic E-state index is 14.0. The Morgan fingerprint density at radius 3 is 2.56 bits per heavy atom. The van der Waals surface area contributed by atoms with Crippen LogP contribution in [0.3, 0.4) is 0 Å². The Balaban J connectivity index is 1.86. The van der Waals surface area contributed by atoms with Crippen molar-refractivity contribution in [3.05, 3.63) is 74.9 Å². The second kappa shape index (κ2) is 7.32. The Morgan fingerprint density at radius 1 is 1.15 bits per heavy atom. The van der Waals surface area contributed by atoms with Gasteiger partial charge in [-0.05, 0) is 42.1 Å². The van der Waals surface area contributed by atoms with E-state index in [9.17, 15) is 22.8 Å². The maximum Gasteiger partial charge on any atom is 0.319 e. The third-order valence-corrected chi connectivity index (χ3v) is 4.27. The highest BCUT2D eigenvalue weighted by atomic mass is 35.5. The fourth-order valence-corrected chi connectivity index (χ4v) is 2.86. The molecule has 1 heterocycles. The van der Waals surface area contributed by atoms with Gasteiger partial charge >= 0.3 is 6.03 Å². The number of aromatic nitrogens is 1. The SMILES string of the molecule is C[C@@H](NC(=O)Nc1ccc(F)c(Cl)c1)c1c[nH]c(=O)c2c(F)c(F)ccc12. The van der Waals surface area contributed by atoms with Gasteiger partial charge in [0.05, 0.1) is 16.5 Å². The first-order valence-corrected chi connectivity index (χ1v) is 8.17. The number of halogens is 4. The van der Waals surface area contributed by atoms with Crippen LogP contribution in [0.4, 0.5) is 23.7 Å². The zero-order valence-corrected chi connectivity index (χ0v) is 14.6. The van der Waals surface area contributed by atoms with Crippen molar-refractivity contribution in [2.45, 2.75) is 13.0 Å². The van der Waals surface area contributed by atoms with Crippen molar-refractivity contribution in [1.29, 1.82) is 0 Å². The number of benzene rings is 2. The van der Waals surface area contributed by atoms with E-state index in [0.717, 1.165) is 12.1 Å². The summed E-state index contributed by atoms with van der Waals surface area (Å²) in [7, 11) is 0. The number of carbonyl (C=O) groups is 1. The molecule has 1 aromatic heterocycles. The van der Waals surface area contributed by atoms with Gasteiger partial charge in [-0.2, -0.15) is 0 Å². The van der Waals surface area contributed by atoms with Crippen molar-refractivity contribution in [1.82, 2.24) is 10.3 Å². The summed E-state index contributed by atoms with van der Waals surface area (Å²) in [5, 5.41) is 4.69. The highest BCUT2D eigenvalue weighted by Crippen LogP contribution is 2.25. The summed E-state index contributed by atoms with van der Waals surface area (Å²) in [4.78, 5) is 26.3.